The lowest BCUT2D eigenvalue weighted by molar-refractivity contribution is 0.0526. The van der Waals surface area contributed by atoms with Crippen LogP contribution in [-0.2, 0) is 22.0 Å². The van der Waals surface area contributed by atoms with Crippen LogP contribution in [0.25, 0.3) is 11.6 Å². The van der Waals surface area contributed by atoms with Crippen LogP contribution in [0.4, 0.5) is 0 Å². The molecule has 0 N–H and O–H groups in total. The van der Waals surface area contributed by atoms with E-state index in [2.05, 4.69) is 32.1 Å². The number of carbonyl (C=O) groups is 1. The van der Waals surface area contributed by atoms with E-state index in [1.54, 1.807) is 19.1 Å². The van der Waals surface area contributed by atoms with E-state index < -0.39 is 10.8 Å². The number of allylic oxidation sites excluding steroid dienone is 1. The highest BCUT2D eigenvalue weighted by molar-refractivity contribution is 7.85. The van der Waals surface area contributed by atoms with Gasteiger partial charge in [-0.2, -0.15) is 0 Å². The molecule has 2 aromatic carbocycles. The van der Waals surface area contributed by atoms with Crippen LogP contribution in [0.2, 0.25) is 0 Å². The first-order chi connectivity index (χ1) is 13.0. The van der Waals surface area contributed by atoms with Gasteiger partial charge in [0.2, 0.25) is 0 Å². The fourth-order valence-electron chi connectivity index (χ4n) is 3.44. The van der Waals surface area contributed by atoms with Gasteiger partial charge >= 0.3 is 5.97 Å². The van der Waals surface area contributed by atoms with Crippen LogP contribution < -0.4 is 0 Å². The van der Waals surface area contributed by atoms with Crippen LogP contribution in [0, 0.1) is 0 Å². The fraction of sp³-hybridized carbons (Fsp3) is 0.348. The van der Waals surface area contributed by atoms with Crippen LogP contribution in [-0.4, -0.2) is 22.0 Å². The van der Waals surface area contributed by atoms with Crippen molar-refractivity contribution in [2.75, 3.05) is 6.61 Å². The first-order valence-electron chi connectivity index (χ1n) is 9.52. The quantitative estimate of drug-likeness (QED) is 0.523. The van der Waals surface area contributed by atoms with Gasteiger partial charge in [0.1, 0.15) is 0 Å². The molecule has 4 heteroatoms. The summed E-state index contributed by atoms with van der Waals surface area (Å²) in [7, 11) is -0.885. The second-order valence-electron chi connectivity index (χ2n) is 6.86. The number of aryl methyl sites for hydroxylation is 1. The molecule has 0 radical (unpaired) electrons. The van der Waals surface area contributed by atoms with Crippen molar-refractivity contribution in [1.82, 2.24) is 0 Å². The van der Waals surface area contributed by atoms with Crippen molar-refractivity contribution in [3.63, 3.8) is 0 Å². The predicted octanol–water partition coefficient (Wildman–Crippen LogP) is 5.26. The first kappa shape index (κ1) is 19.6. The topological polar surface area (TPSA) is 43.4 Å². The summed E-state index contributed by atoms with van der Waals surface area (Å²) >= 11 is 0. The summed E-state index contributed by atoms with van der Waals surface area (Å²) < 4.78 is 17.6. The van der Waals surface area contributed by atoms with Gasteiger partial charge in [-0.1, -0.05) is 37.3 Å². The molecule has 1 aliphatic rings. The zero-order valence-electron chi connectivity index (χ0n) is 16.2. The molecule has 0 amide bonds. The summed E-state index contributed by atoms with van der Waals surface area (Å²) in [5.74, 6) is -0.294. The van der Waals surface area contributed by atoms with E-state index in [1.165, 1.54) is 5.56 Å². The minimum atomic E-state index is -0.885. The molecule has 0 saturated heterocycles. The maximum atomic E-state index is 12.6. The van der Waals surface area contributed by atoms with E-state index in [4.69, 9.17) is 4.74 Å². The van der Waals surface area contributed by atoms with Gasteiger partial charge in [-0.3, -0.25) is 4.21 Å². The van der Waals surface area contributed by atoms with Gasteiger partial charge in [-0.25, -0.2) is 4.79 Å². The van der Waals surface area contributed by atoms with Crippen LogP contribution >= 0.6 is 0 Å². The molecule has 2 atom stereocenters. The summed E-state index contributed by atoms with van der Waals surface area (Å²) in [4.78, 5) is 12.7. The highest BCUT2D eigenvalue weighted by Crippen LogP contribution is 2.31. The van der Waals surface area contributed by atoms with Gasteiger partial charge in [0.25, 0.3) is 0 Å². The van der Waals surface area contributed by atoms with E-state index in [0.29, 0.717) is 12.2 Å². The molecule has 0 bridgehead atoms. The lowest BCUT2D eigenvalue weighted by Gasteiger charge is -2.23. The Balaban J connectivity index is 1.81. The second kappa shape index (κ2) is 8.66. The molecule has 0 fully saturated rings. The number of benzene rings is 2. The second-order valence-corrected chi connectivity index (χ2v) is 8.56. The predicted molar refractivity (Wildman–Crippen MR) is 111 cm³/mol. The van der Waals surface area contributed by atoms with Crippen molar-refractivity contribution < 1.29 is 13.7 Å². The van der Waals surface area contributed by atoms with Crippen LogP contribution in [0.5, 0.6) is 0 Å². The third-order valence-corrected chi connectivity index (χ3v) is 7.04. The minimum absolute atomic E-state index is 0.290. The number of hydrogen-bond donors (Lipinski definition) is 0. The van der Waals surface area contributed by atoms with E-state index >= 15 is 0 Å². The summed E-state index contributed by atoms with van der Waals surface area (Å²) in [6, 6.07) is 13.7. The molecular formula is C23H26O3S. The van der Waals surface area contributed by atoms with Gasteiger partial charge in [0.15, 0.2) is 0 Å². The van der Waals surface area contributed by atoms with Gasteiger partial charge in [-0.15, -0.1) is 0 Å². The molecule has 0 aliphatic carbocycles. The molecule has 142 valence electrons. The van der Waals surface area contributed by atoms with Gasteiger partial charge in [-0.05, 0) is 73.6 Å². The van der Waals surface area contributed by atoms with Gasteiger partial charge in [0.05, 0.1) is 23.0 Å². The molecule has 2 aromatic rings. The average molecular weight is 383 g/mol. The van der Waals surface area contributed by atoms with Crippen molar-refractivity contribution in [1.29, 1.82) is 0 Å². The van der Waals surface area contributed by atoms with Crippen molar-refractivity contribution in [2.45, 2.75) is 50.2 Å². The highest BCUT2D eigenvalue weighted by atomic mass is 32.2. The Bertz CT molecular complexity index is 881. The SMILES string of the molecule is CCOC(=O)c1ccc(/C=C(\C)c2ccc3c(c2)CC[C@@H](CC)[S@@]3=O)cc1. The molecule has 1 heterocycles. The Labute approximate surface area is 163 Å². The molecule has 27 heavy (non-hydrogen) atoms. The zero-order chi connectivity index (χ0) is 19.4. The molecular weight excluding hydrogens is 356 g/mol. The lowest BCUT2D eigenvalue weighted by atomic mass is 9.98. The van der Waals surface area contributed by atoms with Crippen molar-refractivity contribution >= 4 is 28.4 Å². The Morgan fingerprint density at radius 2 is 1.85 bits per heavy atom. The van der Waals surface area contributed by atoms with Crippen LogP contribution in [0.3, 0.4) is 0 Å². The summed E-state index contributed by atoms with van der Waals surface area (Å²) in [6.45, 7) is 6.37. The largest absolute Gasteiger partial charge is 0.462 e. The van der Waals surface area contributed by atoms with E-state index in [1.807, 2.05) is 18.2 Å². The van der Waals surface area contributed by atoms with Crippen molar-refractivity contribution in [2.24, 2.45) is 0 Å². The van der Waals surface area contributed by atoms with Crippen molar-refractivity contribution in [3.8, 4) is 0 Å². The lowest BCUT2D eigenvalue weighted by Crippen LogP contribution is -2.21. The van der Waals surface area contributed by atoms with Crippen LogP contribution in [0.15, 0.2) is 47.4 Å². The van der Waals surface area contributed by atoms with Crippen LogP contribution in [0.1, 0.15) is 60.7 Å². The Hall–Kier alpha value is -2.20. The number of fused-ring (bicyclic) bond motifs is 1. The van der Waals surface area contributed by atoms with E-state index in [-0.39, 0.29) is 11.2 Å². The molecule has 0 unspecified atom stereocenters. The molecule has 0 saturated carbocycles. The van der Waals surface area contributed by atoms with Crippen molar-refractivity contribution in [3.05, 3.63) is 64.7 Å². The Kier molecular flexibility index (Phi) is 6.27. The first-order valence-corrected chi connectivity index (χ1v) is 10.7. The number of hydrogen-bond acceptors (Lipinski definition) is 3. The fourth-order valence-corrected chi connectivity index (χ4v) is 5.05. The minimum Gasteiger partial charge on any atom is -0.462 e. The standard InChI is InChI=1S/C23H26O3S/c1-4-21-12-10-20-15-19(11-13-22(20)27(21)25)16(3)14-17-6-8-18(9-7-17)23(24)26-5-2/h6-9,11,13-15,21H,4-5,10,12H2,1-3H3/b16-14+/t21-,27+/m1/s1. The Morgan fingerprint density at radius 3 is 2.52 bits per heavy atom. The van der Waals surface area contributed by atoms with Gasteiger partial charge in [0, 0.05) is 10.1 Å². The zero-order valence-corrected chi connectivity index (χ0v) is 17.0. The number of ether oxygens (including phenoxy) is 1. The normalized spacial score (nSPS) is 19.4. The number of carbonyl (C=O) groups excluding carboxylic acids is 1. The molecule has 0 aromatic heterocycles. The number of esters is 1. The molecule has 0 spiro atoms. The average Bonchev–Trinajstić information content (AvgIpc) is 2.68. The maximum Gasteiger partial charge on any atom is 0.338 e. The molecule has 3 rings (SSSR count). The van der Waals surface area contributed by atoms with E-state index in [9.17, 15) is 9.00 Å². The number of rotatable bonds is 5. The molecule has 3 nitrogen and oxygen atoms in total. The monoisotopic (exact) mass is 382 g/mol. The summed E-state index contributed by atoms with van der Waals surface area (Å²) in [5.41, 5.74) is 5.10. The summed E-state index contributed by atoms with van der Waals surface area (Å²) in [5, 5.41) is 0.290. The third-order valence-electron chi connectivity index (χ3n) is 5.03. The summed E-state index contributed by atoms with van der Waals surface area (Å²) in [6.07, 6.45) is 5.06. The molecule has 1 aliphatic heterocycles. The van der Waals surface area contributed by atoms with E-state index in [0.717, 1.165) is 40.9 Å². The smallest absolute Gasteiger partial charge is 0.338 e. The highest BCUT2D eigenvalue weighted by Gasteiger charge is 2.24. The maximum absolute atomic E-state index is 12.6. The third kappa shape index (κ3) is 4.38. The van der Waals surface area contributed by atoms with Gasteiger partial charge < -0.3 is 4.74 Å². The Morgan fingerprint density at radius 1 is 1.15 bits per heavy atom.